The summed E-state index contributed by atoms with van der Waals surface area (Å²) in [5.41, 5.74) is 1.99. The van der Waals surface area contributed by atoms with Gasteiger partial charge in [0.1, 0.15) is 24.1 Å². The van der Waals surface area contributed by atoms with Crippen molar-refractivity contribution in [1.29, 1.82) is 0 Å². The summed E-state index contributed by atoms with van der Waals surface area (Å²) in [4.78, 5) is 29.5. The van der Waals surface area contributed by atoms with E-state index in [0.29, 0.717) is 30.2 Å². The van der Waals surface area contributed by atoms with Crippen LogP contribution < -0.4 is 19.1 Å². The number of benzene rings is 3. The summed E-state index contributed by atoms with van der Waals surface area (Å²) in [6.07, 6.45) is 4.30. The van der Waals surface area contributed by atoms with Gasteiger partial charge in [-0.3, -0.25) is 13.9 Å². The lowest BCUT2D eigenvalue weighted by Gasteiger charge is -2.34. The maximum atomic E-state index is 14.3. The SMILES string of the molecule is CCOc1ccc(N(CC(=O)N(Cc2cccc(OC)c2)C(CC)C(=O)NC2CCCC2)S(=O)(=O)c2ccc(C)cc2)cc1. The standard InChI is InChI=1S/C34H43N3O6S/c1-5-32(34(39)35-27-11-7-8-12-27)36(23-26-10-9-13-30(22-26)42-4)33(38)24-37(28-16-18-29(19-17-28)43-6-2)44(40,41)31-20-14-25(3)15-21-31/h9-10,13-22,27,32H,5-8,11-12,23-24H2,1-4H3,(H,35,39). The van der Waals surface area contributed by atoms with Crippen LogP contribution in [0.2, 0.25) is 0 Å². The molecule has 44 heavy (non-hydrogen) atoms. The number of sulfonamides is 1. The molecule has 0 heterocycles. The van der Waals surface area contributed by atoms with Crippen LogP contribution in [0.1, 0.15) is 57.1 Å². The Balaban J connectivity index is 1.72. The van der Waals surface area contributed by atoms with E-state index in [1.807, 2.05) is 45.0 Å². The number of anilines is 1. The van der Waals surface area contributed by atoms with E-state index in [0.717, 1.165) is 41.1 Å². The van der Waals surface area contributed by atoms with Gasteiger partial charge in [-0.25, -0.2) is 8.42 Å². The number of hydrogen-bond donors (Lipinski definition) is 1. The van der Waals surface area contributed by atoms with Gasteiger partial charge in [-0.1, -0.05) is 49.6 Å². The molecule has 1 atom stereocenters. The van der Waals surface area contributed by atoms with E-state index >= 15 is 0 Å². The summed E-state index contributed by atoms with van der Waals surface area (Å²) >= 11 is 0. The molecule has 10 heteroatoms. The number of nitrogens with zero attached hydrogens (tertiary/aromatic N) is 2. The zero-order chi connectivity index (χ0) is 31.7. The number of rotatable bonds is 14. The first-order valence-corrected chi connectivity index (χ1v) is 16.6. The second kappa shape index (κ2) is 15.1. The molecular weight excluding hydrogens is 578 g/mol. The summed E-state index contributed by atoms with van der Waals surface area (Å²) in [6, 6.07) is 19.7. The first-order valence-electron chi connectivity index (χ1n) is 15.2. The van der Waals surface area contributed by atoms with Gasteiger partial charge in [0.15, 0.2) is 0 Å². The molecule has 1 aliphatic rings. The zero-order valence-corrected chi connectivity index (χ0v) is 26.8. The van der Waals surface area contributed by atoms with Gasteiger partial charge in [0.25, 0.3) is 10.0 Å². The van der Waals surface area contributed by atoms with Crippen LogP contribution >= 0.6 is 0 Å². The number of carbonyl (C=O) groups excluding carboxylic acids is 2. The molecule has 9 nitrogen and oxygen atoms in total. The topological polar surface area (TPSA) is 105 Å². The third kappa shape index (κ3) is 8.11. The monoisotopic (exact) mass is 621 g/mol. The number of aryl methyl sites for hydroxylation is 1. The van der Waals surface area contributed by atoms with E-state index in [1.165, 1.54) is 17.0 Å². The summed E-state index contributed by atoms with van der Waals surface area (Å²) in [6.45, 7) is 5.67. The summed E-state index contributed by atoms with van der Waals surface area (Å²) in [5.74, 6) is 0.483. The zero-order valence-electron chi connectivity index (χ0n) is 26.0. The van der Waals surface area contributed by atoms with Crippen molar-refractivity contribution in [3.05, 3.63) is 83.9 Å². The van der Waals surface area contributed by atoms with Gasteiger partial charge < -0.3 is 19.7 Å². The van der Waals surface area contributed by atoms with Gasteiger partial charge >= 0.3 is 0 Å². The molecule has 1 unspecified atom stereocenters. The highest BCUT2D eigenvalue weighted by Gasteiger charge is 2.34. The fourth-order valence-electron chi connectivity index (χ4n) is 5.50. The summed E-state index contributed by atoms with van der Waals surface area (Å²) in [5, 5.41) is 3.13. The minimum atomic E-state index is -4.15. The Hall–Kier alpha value is -4.05. The molecule has 1 aliphatic carbocycles. The number of hydrogen-bond acceptors (Lipinski definition) is 6. The Morgan fingerprint density at radius 1 is 0.955 bits per heavy atom. The molecule has 1 N–H and O–H groups in total. The van der Waals surface area contributed by atoms with E-state index in [1.54, 1.807) is 43.5 Å². The molecule has 236 valence electrons. The van der Waals surface area contributed by atoms with Crippen LogP contribution in [-0.4, -0.2) is 57.5 Å². The number of carbonyl (C=O) groups is 2. The molecule has 4 rings (SSSR count). The van der Waals surface area contributed by atoms with Crippen LogP contribution in [0.15, 0.2) is 77.7 Å². The van der Waals surface area contributed by atoms with Crippen molar-refractivity contribution in [3.8, 4) is 11.5 Å². The van der Waals surface area contributed by atoms with Crippen molar-refractivity contribution in [2.75, 3.05) is 24.6 Å². The normalized spacial score (nSPS) is 14.1. The first kappa shape index (κ1) is 32.9. The van der Waals surface area contributed by atoms with Crippen molar-refractivity contribution in [2.24, 2.45) is 0 Å². The quantitative estimate of drug-likeness (QED) is 0.256. The fourth-order valence-corrected chi connectivity index (χ4v) is 6.91. The molecule has 3 aromatic rings. The largest absolute Gasteiger partial charge is 0.497 e. The molecule has 0 aliphatic heterocycles. The van der Waals surface area contributed by atoms with Crippen molar-refractivity contribution in [2.45, 2.75) is 76.4 Å². The molecule has 0 radical (unpaired) electrons. The highest BCUT2D eigenvalue weighted by Crippen LogP contribution is 2.28. The molecule has 1 saturated carbocycles. The average molecular weight is 622 g/mol. The molecule has 0 spiro atoms. The van der Waals surface area contributed by atoms with Crippen molar-refractivity contribution < 1.29 is 27.5 Å². The van der Waals surface area contributed by atoms with E-state index < -0.39 is 28.5 Å². The molecule has 2 amide bonds. The van der Waals surface area contributed by atoms with Gasteiger partial charge in [0.05, 0.1) is 24.3 Å². The molecule has 0 bridgehead atoms. The van der Waals surface area contributed by atoms with Gasteiger partial charge in [-0.2, -0.15) is 0 Å². The van der Waals surface area contributed by atoms with Crippen LogP contribution in [-0.2, 0) is 26.2 Å². The molecule has 1 fully saturated rings. The predicted octanol–water partition coefficient (Wildman–Crippen LogP) is 5.46. The minimum Gasteiger partial charge on any atom is -0.497 e. The van der Waals surface area contributed by atoms with Crippen LogP contribution in [0.5, 0.6) is 11.5 Å². The lowest BCUT2D eigenvalue weighted by molar-refractivity contribution is -0.140. The Labute approximate surface area is 261 Å². The van der Waals surface area contributed by atoms with E-state index in [-0.39, 0.29) is 23.4 Å². The maximum absolute atomic E-state index is 14.3. The maximum Gasteiger partial charge on any atom is 0.264 e. The number of methoxy groups -OCH3 is 1. The highest BCUT2D eigenvalue weighted by molar-refractivity contribution is 7.92. The van der Waals surface area contributed by atoms with Gasteiger partial charge in [-0.15, -0.1) is 0 Å². The van der Waals surface area contributed by atoms with Gasteiger partial charge in [-0.05, 0) is 87.2 Å². The number of nitrogens with one attached hydrogen (secondary N) is 1. The minimum absolute atomic E-state index is 0.0650. The molecule has 0 aromatic heterocycles. The van der Waals surface area contributed by atoms with E-state index in [9.17, 15) is 18.0 Å². The number of amides is 2. The molecular formula is C34H43N3O6S. The highest BCUT2D eigenvalue weighted by atomic mass is 32.2. The Morgan fingerprint density at radius 2 is 1.64 bits per heavy atom. The third-order valence-corrected chi connectivity index (χ3v) is 9.69. The van der Waals surface area contributed by atoms with Gasteiger partial charge in [0.2, 0.25) is 11.8 Å². The fraction of sp³-hybridized carbons (Fsp3) is 0.412. The second-order valence-electron chi connectivity index (χ2n) is 11.0. The van der Waals surface area contributed by atoms with Gasteiger partial charge in [0, 0.05) is 12.6 Å². The van der Waals surface area contributed by atoms with Crippen molar-refractivity contribution >= 4 is 27.5 Å². The van der Waals surface area contributed by atoms with Crippen LogP contribution in [0, 0.1) is 6.92 Å². The number of ether oxygens (including phenoxy) is 2. The van der Waals surface area contributed by atoms with Crippen molar-refractivity contribution in [1.82, 2.24) is 10.2 Å². The lowest BCUT2D eigenvalue weighted by Crippen LogP contribution is -2.53. The summed E-state index contributed by atoms with van der Waals surface area (Å²) < 4.78 is 40.2. The molecule has 3 aromatic carbocycles. The third-order valence-electron chi connectivity index (χ3n) is 7.90. The first-order chi connectivity index (χ1) is 21.2. The smallest absolute Gasteiger partial charge is 0.264 e. The lowest BCUT2D eigenvalue weighted by atomic mass is 10.1. The Bertz CT molecular complexity index is 1500. The Kier molecular flexibility index (Phi) is 11.3. The van der Waals surface area contributed by atoms with Crippen LogP contribution in [0.25, 0.3) is 0 Å². The summed E-state index contributed by atoms with van der Waals surface area (Å²) in [7, 11) is -2.59. The van der Waals surface area contributed by atoms with E-state index in [2.05, 4.69) is 5.32 Å². The van der Waals surface area contributed by atoms with Crippen LogP contribution in [0.4, 0.5) is 5.69 Å². The molecule has 0 saturated heterocycles. The van der Waals surface area contributed by atoms with Crippen molar-refractivity contribution in [3.63, 3.8) is 0 Å². The average Bonchev–Trinajstić information content (AvgIpc) is 3.53. The van der Waals surface area contributed by atoms with E-state index in [4.69, 9.17) is 9.47 Å². The second-order valence-corrected chi connectivity index (χ2v) is 12.9. The van der Waals surface area contributed by atoms with Crippen LogP contribution in [0.3, 0.4) is 0 Å². The predicted molar refractivity (Wildman–Crippen MR) is 171 cm³/mol. The Morgan fingerprint density at radius 3 is 2.25 bits per heavy atom.